The molecule has 7 nitrogen and oxygen atoms in total. The van der Waals surface area contributed by atoms with Crippen molar-refractivity contribution in [2.45, 2.75) is 24.8 Å². The summed E-state index contributed by atoms with van der Waals surface area (Å²) in [6.07, 6.45) is 3.60. The number of aryl methyl sites for hydroxylation is 2. The molecule has 0 radical (unpaired) electrons. The number of phenols is 1. The number of aromatic nitrogens is 3. The molecule has 3 heterocycles. The molecule has 0 saturated carbocycles. The molecule has 3 aromatic heterocycles. The molecule has 2 N–H and O–H groups in total. The fourth-order valence-corrected chi connectivity index (χ4v) is 3.58. The van der Waals surface area contributed by atoms with Gasteiger partial charge in [0.25, 0.3) is 0 Å². The highest BCUT2D eigenvalue weighted by Gasteiger charge is 2.12. The number of nitrogens with zero attached hydrogens (tertiary/aromatic N) is 2. The Hall–Kier alpha value is -3.26. The van der Waals surface area contributed by atoms with Crippen LogP contribution >= 0.6 is 11.8 Å². The molecule has 0 spiro atoms. The summed E-state index contributed by atoms with van der Waals surface area (Å²) in [7, 11) is 0. The molecule has 142 valence electrons. The van der Waals surface area contributed by atoms with Gasteiger partial charge in [-0.25, -0.2) is 9.78 Å². The van der Waals surface area contributed by atoms with Crippen LogP contribution in [0.15, 0.2) is 49.1 Å². The summed E-state index contributed by atoms with van der Waals surface area (Å²) >= 11 is 1.40. The van der Waals surface area contributed by atoms with E-state index in [0.717, 1.165) is 22.5 Å². The van der Waals surface area contributed by atoms with Gasteiger partial charge in [-0.15, -0.1) is 5.10 Å². The Morgan fingerprint density at radius 2 is 2.04 bits per heavy atom. The Morgan fingerprint density at radius 3 is 2.82 bits per heavy atom. The number of nitrogens with one attached hydrogen (secondary N) is 1. The largest absolute Gasteiger partial charge is 0.508 e. The van der Waals surface area contributed by atoms with Gasteiger partial charge in [-0.05, 0) is 55.8 Å². The molecule has 28 heavy (non-hydrogen) atoms. The van der Waals surface area contributed by atoms with Crippen LogP contribution in [-0.4, -0.2) is 20.3 Å². The predicted molar refractivity (Wildman–Crippen MR) is 107 cm³/mol. The highest BCUT2D eigenvalue weighted by atomic mass is 32.2. The minimum absolute atomic E-state index is 0.0950. The first-order valence-electron chi connectivity index (χ1n) is 8.54. The Morgan fingerprint density at radius 1 is 1.18 bits per heavy atom. The van der Waals surface area contributed by atoms with Crippen molar-refractivity contribution in [1.82, 2.24) is 15.2 Å². The summed E-state index contributed by atoms with van der Waals surface area (Å²) in [5.41, 5.74) is 1.28. The van der Waals surface area contributed by atoms with Crippen LogP contribution in [0.2, 0.25) is 0 Å². The van der Waals surface area contributed by atoms with Gasteiger partial charge in [0.05, 0.1) is 0 Å². The predicted octanol–water partition coefficient (Wildman–Crippen LogP) is 4.29. The lowest BCUT2D eigenvalue weighted by molar-refractivity contribution is 0.468. The Kier molecular flexibility index (Phi) is 4.79. The third kappa shape index (κ3) is 3.72. The van der Waals surface area contributed by atoms with Gasteiger partial charge in [-0.2, -0.15) is 0 Å². The number of aromatic hydroxyl groups is 1. The fourth-order valence-electron chi connectivity index (χ4n) is 2.78. The van der Waals surface area contributed by atoms with E-state index in [1.807, 2.05) is 25.1 Å². The fraction of sp³-hybridized carbons (Fsp3) is 0.150. The average Bonchev–Trinajstić information content (AvgIpc) is 3.30. The molecule has 0 atom stereocenters. The quantitative estimate of drug-likeness (QED) is 0.383. The summed E-state index contributed by atoms with van der Waals surface area (Å²) in [5, 5.41) is 18.2. The highest BCUT2D eigenvalue weighted by Crippen LogP contribution is 2.30. The van der Waals surface area contributed by atoms with Crippen LogP contribution in [0, 0.1) is 13.8 Å². The van der Waals surface area contributed by atoms with Crippen molar-refractivity contribution in [3.63, 3.8) is 0 Å². The topological polar surface area (TPSA) is 105 Å². The number of fused-ring (bicyclic) bond motifs is 1. The maximum atomic E-state index is 11.9. The van der Waals surface area contributed by atoms with Gasteiger partial charge in [0.15, 0.2) is 0 Å². The van der Waals surface area contributed by atoms with E-state index < -0.39 is 5.63 Å². The van der Waals surface area contributed by atoms with E-state index in [-0.39, 0.29) is 5.75 Å². The monoisotopic (exact) mass is 395 g/mol. The maximum Gasteiger partial charge on any atom is 0.336 e. The van der Waals surface area contributed by atoms with E-state index in [0.29, 0.717) is 27.9 Å². The van der Waals surface area contributed by atoms with E-state index in [1.54, 1.807) is 25.1 Å². The minimum atomic E-state index is -0.454. The summed E-state index contributed by atoms with van der Waals surface area (Å²) in [6, 6.07) is 8.57. The molecule has 0 saturated heterocycles. The van der Waals surface area contributed by atoms with Crippen LogP contribution in [0.5, 0.6) is 5.75 Å². The molecule has 0 aliphatic heterocycles. The number of aromatic amines is 1. The lowest BCUT2D eigenvalue weighted by Crippen LogP contribution is -2.01. The zero-order valence-corrected chi connectivity index (χ0v) is 16.0. The third-order valence-corrected chi connectivity index (χ3v) is 5.12. The van der Waals surface area contributed by atoms with Gasteiger partial charge >= 0.3 is 5.63 Å². The van der Waals surface area contributed by atoms with Crippen LogP contribution in [0.1, 0.15) is 28.5 Å². The molecule has 1 aromatic carbocycles. The van der Waals surface area contributed by atoms with Crippen molar-refractivity contribution in [3.05, 3.63) is 69.2 Å². The normalized spacial score (nSPS) is 11.6. The number of furan rings is 1. The minimum Gasteiger partial charge on any atom is -0.508 e. The SMILES string of the molecule is Cc1ccc(/C=C/c2nc(SCc3cc(=O)oc4c(C)c(O)ccc34)n[nH]2)o1. The second-order valence-corrected chi connectivity index (χ2v) is 7.19. The van der Waals surface area contributed by atoms with Crippen LogP contribution in [0.25, 0.3) is 23.1 Å². The van der Waals surface area contributed by atoms with Crippen LogP contribution < -0.4 is 5.63 Å². The van der Waals surface area contributed by atoms with E-state index in [4.69, 9.17) is 8.83 Å². The molecule has 8 heteroatoms. The van der Waals surface area contributed by atoms with Crippen molar-refractivity contribution in [1.29, 1.82) is 0 Å². The summed E-state index contributed by atoms with van der Waals surface area (Å²) in [4.78, 5) is 16.3. The van der Waals surface area contributed by atoms with E-state index in [9.17, 15) is 9.90 Å². The summed E-state index contributed by atoms with van der Waals surface area (Å²) < 4.78 is 10.7. The molecule has 4 aromatic rings. The molecule has 0 aliphatic carbocycles. The molecular weight excluding hydrogens is 378 g/mol. The Labute approximate surface area is 164 Å². The van der Waals surface area contributed by atoms with Crippen LogP contribution in [-0.2, 0) is 5.75 Å². The lowest BCUT2D eigenvalue weighted by atomic mass is 10.1. The zero-order valence-electron chi connectivity index (χ0n) is 15.2. The standard InChI is InChI=1S/C20H17N3O4S/c1-11-3-4-14(26-11)5-8-17-21-20(23-22-17)28-10-13-9-18(25)27-19-12(2)16(24)7-6-15(13)19/h3-9,24H,10H2,1-2H3,(H,21,22,23)/b8-5+. The first-order valence-corrected chi connectivity index (χ1v) is 9.53. The van der Waals surface area contributed by atoms with E-state index >= 15 is 0 Å². The number of hydrogen-bond donors (Lipinski definition) is 2. The van der Waals surface area contributed by atoms with Gasteiger partial charge in [0.2, 0.25) is 5.16 Å². The number of thioether (sulfide) groups is 1. The van der Waals surface area contributed by atoms with Crippen molar-refractivity contribution in [3.8, 4) is 5.75 Å². The molecule has 0 unspecified atom stereocenters. The van der Waals surface area contributed by atoms with Gasteiger partial charge in [0, 0.05) is 22.8 Å². The molecular formula is C20H17N3O4S. The average molecular weight is 395 g/mol. The second-order valence-electron chi connectivity index (χ2n) is 6.25. The van der Waals surface area contributed by atoms with Gasteiger partial charge < -0.3 is 13.9 Å². The Bertz CT molecular complexity index is 1240. The first-order chi connectivity index (χ1) is 13.5. The van der Waals surface area contributed by atoms with Crippen LogP contribution in [0.4, 0.5) is 0 Å². The van der Waals surface area contributed by atoms with E-state index in [1.165, 1.54) is 17.8 Å². The third-order valence-electron chi connectivity index (χ3n) is 4.22. The number of rotatable bonds is 5. The number of H-pyrrole nitrogens is 1. The molecule has 0 amide bonds. The maximum absolute atomic E-state index is 11.9. The van der Waals surface area contributed by atoms with Crippen LogP contribution in [0.3, 0.4) is 0 Å². The number of benzene rings is 1. The smallest absolute Gasteiger partial charge is 0.336 e. The first kappa shape index (κ1) is 18.1. The summed E-state index contributed by atoms with van der Waals surface area (Å²) in [5.74, 6) is 2.78. The van der Waals surface area contributed by atoms with E-state index in [2.05, 4.69) is 15.2 Å². The number of phenolic OH excluding ortho intramolecular Hbond substituents is 1. The molecule has 4 rings (SSSR count). The van der Waals surface area contributed by atoms with Gasteiger partial charge in [0.1, 0.15) is 28.7 Å². The van der Waals surface area contributed by atoms with Crippen molar-refractivity contribution >= 4 is 34.9 Å². The van der Waals surface area contributed by atoms with Crippen molar-refractivity contribution < 1.29 is 13.9 Å². The number of hydrogen-bond acceptors (Lipinski definition) is 7. The molecule has 0 bridgehead atoms. The van der Waals surface area contributed by atoms with Crippen molar-refractivity contribution in [2.24, 2.45) is 0 Å². The Balaban J connectivity index is 1.52. The highest BCUT2D eigenvalue weighted by molar-refractivity contribution is 7.98. The molecule has 0 aliphatic rings. The van der Waals surface area contributed by atoms with Gasteiger partial charge in [-0.1, -0.05) is 11.8 Å². The zero-order chi connectivity index (χ0) is 19.7. The lowest BCUT2D eigenvalue weighted by Gasteiger charge is -2.07. The summed E-state index contributed by atoms with van der Waals surface area (Å²) in [6.45, 7) is 3.60. The van der Waals surface area contributed by atoms with Crippen molar-refractivity contribution in [2.75, 3.05) is 0 Å². The molecule has 0 fully saturated rings. The second kappa shape index (κ2) is 7.40. The van der Waals surface area contributed by atoms with Gasteiger partial charge in [-0.3, -0.25) is 5.10 Å².